The first kappa shape index (κ1) is 24.0. The van der Waals surface area contributed by atoms with Gasteiger partial charge >= 0.3 is 0 Å². The van der Waals surface area contributed by atoms with E-state index in [-0.39, 0.29) is 23.9 Å². The molecule has 1 unspecified atom stereocenters. The van der Waals surface area contributed by atoms with Gasteiger partial charge in [-0.3, -0.25) is 14.7 Å². The highest BCUT2D eigenvalue weighted by molar-refractivity contribution is 9.10. The monoisotopic (exact) mass is 574 g/mol. The molecule has 7 nitrogen and oxygen atoms in total. The molecule has 0 bridgehead atoms. The number of carbonyl (C=O) groups excluding carboxylic acids is 1. The standard InChI is InChI=1S/C24H20BrFN4O3S2/c25-16-6-11-20-22(14-16)34-24(28-20)29(15-18-4-1-2-12-27-18)23(31)21-5-3-13-30(21)35(32,33)19-9-7-17(26)8-10-19/h1-2,4,6-12,14,21H,3,5,13,15H2. The summed E-state index contributed by atoms with van der Waals surface area (Å²) in [5.74, 6) is -0.890. The molecule has 2 aromatic carbocycles. The van der Waals surface area contributed by atoms with Crippen LogP contribution in [0.3, 0.4) is 0 Å². The van der Waals surface area contributed by atoms with E-state index in [0.717, 1.165) is 26.8 Å². The van der Waals surface area contributed by atoms with Crippen LogP contribution in [0, 0.1) is 5.82 Å². The van der Waals surface area contributed by atoms with E-state index < -0.39 is 21.9 Å². The summed E-state index contributed by atoms with van der Waals surface area (Å²) in [4.78, 5) is 24.4. The van der Waals surface area contributed by atoms with Gasteiger partial charge in [-0.25, -0.2) is 17.8 Å². The summed E-state index contributed by atoms with van der Waals surface area (Å²) in [7, 11) is -3.99. The summed E-state index contributed by atoms with van der Waals surface area (Å²) < 4.78 is 43.1. The minimum Gasteiger partial charge on any atom is -0.281 e. The van der Waals surface area contributed by atoms with Crippen molar-refractivity contribution in [2.45, 2.75) is 30.3 Å². The highest BCUT2D eigenvalue weighted by Gasteiger charge is 2.42. The van der Waals surface area contributed by atoms with Crippen molar-refractivity contribution in [1.29, 1.82) is 0 Å². The molecule has 0 saturated carbocycles. The van der Waals surface area contributed by atoms with Crippen molar-refractivity contribution in [1.82, 2.24) is 14.3 Å². The average Bonchev–Trinajstić information content (AvgIpc) is 3.50. The van der Waals surface area contributed by atoms with Crippen molar-refractivity contribution in [3.63, 3.8) is 0 Å². The second kappa shape index (κ2) is 9.73. The highest BCUT2D eigenvalue weighted by atomic mass is 79.9. The van der Waals surface area contributed by atoms with E-state index in [9.17, 15) is 17.6 Å². The molecule has 4 aromatic rings. The molecule has 0 radical (unpaired) electrons. The Morgan fingerprint density at radius 1 is 1.17 bits per heavy atom. The van der Waals surface area contributed by atoms with E-state index in [2.05, 4.69) is 25.9 Å². The van der Waals surface area contributed by atoms with Crippen molar-refractivity contribution in [2.24, 2.45) is 0 Å². The van der Waals surface area contributed by atoms with Crippen molar-refractivity contribution in [3.8, 4) is 0 Å². The van der Waals surface area contributed by atoms with Gasteiger partial charge in [-0.1, -0.05) is 33.3 Å². The first-order valence-corrected chi connectivity index (χ1v) is 13.9. The maximum absolute atomic E-state index is 13.9. The van der Waals surface area contributed by atoms with Crippen molar-refractivity contribution in [2.75, 3.05) is 11.4 Å². The Labute approximate surface area is 214 Å². The minimum atomic E-state index is -3.99. The molecule has 35 heavy (non-hydrogen) atoms. The summed E-state index contributed by atoms with van der Waals surface area (Å²) >= 11 is 4.82. The molecule has 0 spiro atoms. The lowest BCUT2D eigenvalue weighted by Crippen LogP contribution is -2.47. The fourth-order valence-electron chi connectivity index (χ4n) is 4.09. The van der Waals surface area contributed by atoms with E-state index in [0.29, 0.717) is 23.7 Å². The van der Waals surface area contributed by atoms with Crippen molar-refractivity contribution < 1.29 is 17.6 Å². The Morgan fingerprint density at radius 2 is 1.97 bits per heavy atom. The van der Waals surface area contributed by atoms with E-state index in [1.165, 1.54) is 32.7 Å². The van der Waals surface area contributed by atoms with Crippen LogP contribution in [-0.4, -0.2) is 41.2 Å². The zero-order chi connectivity index (χ0) is 24.6. The zero-order valence-electron chi connectivity index (χ0n) is 18.3. The van der Waals surface area contributed by atoms with Gasteiger partial charge in [0.2, 0.25) is 15.9 Å². The van der Waals surface area contributed by atoms with E-state index in [4.69, 9.17) is 0 Å². The maximum atomic E-state index is 13.9. The van der Waals surface area contributed by atoms with Gasteiger partial charge in [0.15, 0.2) is 5.13 Å². The maximum Gasteiger partial charge on any atom is 0.247 e. The van der Waals surface area contributed by atoms with Crippen LogP contribution in [0.5, 0.6) is 0 Å². The number of anilines is 1. The molecule has 3 heterocycles. The number of amides is 1. The Morgan fingerprint density at radius 3 is 2.71 bits per heavy atom. The Hall–Kier alpha value is -2.73. The lowest BCUT2D eigenvalue weighted by molar-refractivity contribution is -0.121. The molecular weight excluding hydrogens is 555 g/mol. The lowest BCUT2D eigenvalue weighted by Gasteiger charge is -2.28. The normalized spacial score (nSPS) is 16.6. The number of halogens is 2. The molecule has 0 aliphatic carbocycles. The summed E-state index contributed by atoms with van der Waals surface area (Å²) in [6.07, 6.45) is 2.57. The van der Waals surface area contributed by atoms with Gasteiger partial charge in [-0.05, 0) is 67.4 Å². The van der Waals surface area contributed by atoms with E-state index >= 15 is 0 Å². The largest absolute Gasteiger partial charge is 0.281 e. The number of nitrogens with zero attached hydrogens (tertiary/aromatic N) is 4. The topological polar surface area (TPSA) is 83.5 Å². The quantitative estimate of drug-likeness (QED) is 0.324. The Bertz CT molecular complexity index is 1480. The first-order chi connectivity index (χ1) is 16.8. The number of hydrogen-bond acceptors (Lipinski definition) is 6. The molecule has 1 fully saturated rings. The first-order valence-electron chi connectivity index (χ1n) is 10.9. The smallest absolute Gasteiger partial charge is 0.247 e. The second-order valence-electron chi connectivity index (χ2n) is 8.08. The van der Waals surface area contributed by atoms with Gasteiger partial charge in [-0.2, -0.15) is 4.31 Å². The van der Waals surface area contributed by atoms with Crippen LogP contribution in [-0.2, 0) is 21.4 Å². The summed E-state index contributed by atoms with van der Waals surface area (Å²) in [5, 5.41) is 0.472. The molecule has 5 rings (SSSR count). The van der Waals surface area contributed by atoms with Gasteiger partial charge in [0, 0.05) is 17.2 Å². The third-order valence-electron chi connectivity index (χ3n) is 5.79. The van der Waals surface area contributed by atoms with Gasteiger partial charge in [0.1, 0.15) is 11.9 Å². The average molecular weight is 575 g/mol. The number of carbonyl (C=O) groups is 1. The van der Waals surface area contributed by atoms with Crippen molar-refractivity contribution in [3.05, 3.63) is 82.8 Å². The fourth-order valence-corrected chi connectivity index (χ4v) is 7.26. The van der Waals surface area contributed by atoms with Gasteiger partial charge in [0.25, 0.3) is 0 Å². The van der Waals surface area contributed by atoms with E-state index in [1.807, 2.05) is 30.3 Å². The number of aromatic nitrogens is 2. The third-order valence-corrected chi connectivity index (χ3v) is 9.25. The number of thiazole rings is 1. The highest BCUT2D eigenvalue weighted by Crippen LogP contribution is 2.34. The minimum absolute atomic E-state index is 0.0419. The second-order valence-corrected chi connectivity index (χ2v) is 11.9. The van der Waals surface area contributed by atoms with Crippen LogP contribution in [0.25, 0.3) is 10.2 Å². The molecule has 180 valence electrons. The molecule has 1 atom stereocenters. The van der Waals surface area contributed by atoms with Crippen LogP contribution in [0.2, 0.25) is 0 Å². The predicted octanol–water partition coefficient (Wildman–Crippen LogP) is 4.98. The van der Waals surface area contributed by atoms with Gasteiger partial charge in [-0.15, -0.1) is 0 Å². The number of benzene rings is 2. The van der Waals surface area contributed by atoms with Crippen LogP contribution in [0.15, 0.2) is 76.2 Å². The molecule has 1 aliphatic heterocycles. The summed E-state index contributed by atoms with van der Waals surface area (Å²) in [6, 6.07) is 14.9. The molecule has 1 amide bonds. The fraction of sp³-hybridized carbons (Fsp3) is 0.208. The third kappa shape index (κ3) is 4.86. The van der Waals surface area contributed by atoms with Crippen LogP contribution < -0.4 is 4.90 Å². The van der Waals surface area contributed by atoms with Gasteiger partial charge < -0.3 is 0 Å². The Balaban J connectivity index is 1.52. The zero-order valence-corrected chi connectivity index (χ0v) is 21.6. The SMILES string of the molecule is O=C(C1CCCN1S(=O)(=O)c1ccc(F)cc1)N(Cc1ccccn1)c1nc2ccc(Br)cc2s1. The summed E-state index contributed by atoms with van der Waals surface area (Å²) in [6.45, 7) is 0.363. The molecule has 1 aliphatic rings. The predicted molar refractivity (Wildman–Crippen MR) is 136 cm³/mol. The molecule has 1 saturated heterocycles. The molecular formula is C24H20BrFN4O3S2. The van der Waals surface area contributed by atoms with Gasteiger partial charge in [0.05, 0.1) is 27.4 Å². The number of pyridine rings is 1. The number of rotatable bonds is 6. The number of hydrogen-bond donors (Lipinski definition) is 0. The number of fused-ring (bicyclic) bond motifs is 1. The van der Waals surface area contributed by atoms with Crippen LogP contribution in [0.4, 0.5) is 9.52 Å². The van der Waals surface area contributed by atoms with E-state index in [1.54, 1.807) is 12.3 Å². The van der Waals surface area contributed by atoms with Crippen LogP contribution in [0.1, 0.15) is 18.5 Å². The summed E-state index contributed by atoms with van der Waals surface area (Å²) in [5.41, 5.74) is 1.40. The van der Waals surface area contributed by atoms with Crippen LogP contribution >= 0.6 is 27.3 Å². The molecule has 0 N–H and O–H groups in total. The molecule has 11 heteroatoms. The lowest BCUT2D eigenvalue weighted by atomic mass is 10.2. The molecule has 2 aromatic heterocycles. The number of sulfonamides is 1. The van der Waals surface area contributed by atoms with Crippen molar-refractivity contribution >= 4 is 58.5 Å². The Kier molecular flexibility index (Phi) is 6.67.